The van der Waals surface area contributed by atoms with Crippen LogP contribution in [0.5, 0.6) is 0 Å². The SMILES string of the molecule is CC(C)CN(CCC(=O)O)C(=O)CCc1cc(Cl)cs1. The molecule has 20 heavy (non-hydrogen) atoms. The molecule has 0 unspecified atom stereocenters. The molecule has 0 aliphatic heterocycles. The number of thiophene rings is 1. The number of hydrogen-bond donors (Lipinski definition) is 1. The van der Waals surface area contributed by atoms with Crippen LogP contribution >= 0.6 is 22.9 Å². The van der Waals surface area contributed by atoms with Gasteiger partial charge in [-0.1, -0.05) is 25.4 Å². The summed E-state index contributed by atoms with van der Waals surface area (Å²) < 4.78 is 0. The second-order valence-corrected chi connectivity index (χ2v) is 6.54. The van der Waals surface area contributed by atoms with Crippen LogP contribution in [0.25, 0.3) is 0 Å². The molecular formula is C14H20ClNO3S. The molecule has 0 saturated heterocycles. The van der Waals surface area contributed by atoms with Gasteiger partial charge in [-0.05, 0) is 18.4 Å². The normalized spacial score (nSPS) is 10.8. The molecule has 6 heteroatoms. The van der Waals surface area contributed by atoms with E-state index in [1.54, 1.807) is 4.90 Å². The Morgan fingerprint density at radius 1 is 1.40 bits per heavy atom. The van der Waals surface area contributed by atoms with Crippen molar-refractivity contribution in [2.75, 3.05) is 13.1 Å². The van der Waals surface area contributed by atoms with Gasteiger partial charge in [-0.3, -0.25) is 9.59 Å². The number of carbonyl (C=O) groups is 2. The van der Waals surface area contributed by atoms with E-state index in [1.165, 1.54) is 11.3 Å². The van der Waals surface area contributed by atoms with Crippen molar-refractivity contribution in [3.8, 4) is 0 Å². The zero-order chi connectivity index (χ0) is 15.1. The number of carbonyl (C=O) groups excluding carboxylic acids is 1. The average Bonchev–Trinajstić information content (AvgIpc) is 2.76. The number of amides is 1. The number of aryl methyl sites for hydroxylation is 1. The Bertz CT molecular complexity index is 459. The quantitative estimate of drug-likeness (QED) is 0.800. The van der Waals surface area contributed by atoms with Crippen LogP contribution in [0.1, 0.15) is 31.6 Å². The van der Waals surface area contributed by atoms with Gasteiger partial charge < -0.3 is 10.0 Å². The van der Waals surface area contributed by atoms with Crippen LogP contribution in [0.2, 0.25) is 5.02 Å². The molecule has 4 nitrogen and oxygen atoms in total. The first-order valence-corrected chi connectivity index (χ1v) is 7.86. The van der Waals surface area contributed by atoms with E-state index >= 15 is 0 Å². The second kappa shape index (κ2) is 8.27. The fraction of sp³-hybridized carbons (Fsp3) is 0.571. The predicted molar refractivity (Wildman–Crippen MR) is 81.3 cm³/mol. The molecule has 0 atom stereocenters. The first kappa shape index (κ1) is 17.0. The monoisotopic (exact) mass is 317 g/mol. The standard InChI is InChI=1S/C14H20ClNO3S/c1-10(2)8-16(6-5-14(18)19)13(17)4-3-12-7-11(15)9-20-12/h7,9-10H,3-6,8H2,1-2H3,(H,18,19). The summed E-state index contributed by atoms with van der Waals surface area (Å²) in [7, 11) is 0. The van der Waals surface area contributed by atoms with Gasteiger partial charge in [0.25, 0.3) is 0 Å². The minimum Gasteiger partial charge on any atom is -0.481 e. The Labute approximate surface area is 128 Å². The van der Waals surface area contributed by atoms with Crippen molar-refractivity contribution in [3.05, 3.63) is 21.3 Å². The van der Waals surface area contributed by atoms with Gasteiger partial charge in [0.05, 0.1) is 11.4 Å². The molecule has 0 spiro atoms. The fourth-order valence-corrected chi connectivity index (χ4v) is 2.94. The molecule has 1 amide bonds. The van der Waals surface area contributed by atoms with Crippen molar-refractivity contribution in [1.29, 1.82) is 0 Å². The van der Waals surface area contributed by atoms with Crippen LogP contribution in [-0.4, -0.2) is 35.0 Å². The molecule has 0 fully saturated rings. The summed E-state index contributed by atoms with van der Waals surface area (Å²) in [5, 5.41) is 11.3. The van der Waals surface area contributed by atoms with Crippen LogP contribution in [0.3, 0.4) is 0 Å². The predicted octanol–water partition coefficient (Wildman–Crippen LogP) is 3.29. The van der Waals surface area contributed by atoms with Crippen molar-refractivity contribution in [2.45, 2.75) is 33.1 Å². The van der Waals surface area contributed by atoms with Crippen LogP contribution in [-0.2, 0) is 16.0 Å². The lowest BCUT2D eigenvalue weighted by molar-refractivity contribution is -0.138. The van der Waals surface area contributed by atoms with Crippen molar-refractivity contribution < 1.29 is 14.7 Å². The van der Waals surface area contributed by atoms with Crippen LogP contribution < -0.4 is 0 Å². The summed E-state index contributed by atoms with van der Waals surface area (Å²) in [5.74, 6) is -0.551. The van der Waals surface area contributed by atoms with E-state index in [-0.39, 0.29) is 18.9 Å². The number of aliphatic carboxylic acids is 1. The third-order valence-corrected chi connectivity index (χ3v) is 4.08. The van der Waals surface area contributed by atoms with E-state index in [2.05, 4.69) is 0 Å². The fourth-order valence-electron chi connectivity index (χ4n) is 1.86. The van der Waals surface area contributed by atoms with Crippen molar-refractivity contribution in [3.63, 3.8) is 0 Å². The number of rotatable bonds is 8. The molecule has 1 rings (SSSR count). The molecule has 0 aliphatic rings. The van der Waals surface area contributed by atoms with Gasteiger partial charge in [0.1, 0.15) is 0 Å². The summed E-state index contributed by atoms with van der Waals surface area (Å²) in [6, 6.07) is 1.86. The Balaban J connectivity index is 2.50. The topological polar surface area (TPSA) is 57.6 Å². The Morgan fingerprint density at radius 3 is 2.60 bits per heavy atom. The van der Waals surface area contributed by atoms with Crippen molar-refractivity contribution in [2.24, 2.45) is 5.92 Å². The maximum atomic E-state index is 12.2. The number of halogens is 1. The lowest BCUT2D eigenvalue weighted by Gasteiger charge is -2.24. The first-order valence-electron chi connectivity index (χ1n) is 6.61. The minimum absolute atomic E-state index is 0.00414. The second-order valence-electron chi connectivity index (χ2n) is 5.11. The van der Waals surface area contributed by atoms with Gasteiger partial charge in [-0.2, -0.15) is 0 Å². The van der Waals surface area contributed by atoms with E-state index in [0.717, 1.165) is 4.88 Å². The minimum atomic E-state index is -0.878. The molecule has 1 N–H and O–H groups in total. The molecule has 0 saturated carbocycles. The highest BCUT2D eigenvalue weighted by molar-refractivity contribution is 7.10. The summed E-state index contributed by atoms with van der Waals surface area (Å²) in [6.07, 6.45) is 1.03. The number of hydrogen-bond acceptors (Lipinski definition) is 3. The summed E-state index contributed by atoms with van der Waals surface area (Å²) in [4.78, 5) is 25.5. The Kier molecular flexibility index (Phi) is 7.02. The highest BCUT2D eigenvalue weighted by Crippen LogP contribution is 2.20. The van der Waals surface area contributed by atoms with Crippen molar-refractivity contribution in [1.82, 2.24) is 4.90 Å². The number of nitrogens with zero attached hydrogens (tertiary/aromatic N) is 1. The lowest BCUT2D eigenvalue weighted by atomic mass is 10.1. The van der Waals surface area contributed by atoms with Gasteiger partial charge in [0, 0.05) is 29.8 Å². The molecular weight excluding hydrogens is 298 g/mol. The molecule has 1 heterocycles. The number of carboxylic acid groups (broad SMARTS) is 1. The van der Waals surface area contributed by atoms with Gasteiger partial charge in [-0.25, -0.2) is 0 Å². The smallest absolute Gasteiger partial charge is 0.305 e. The number of carboxylic acids is 1. The van der Waals surface area contributed by atoms with Gasteiger partial charge in [0.2, 0.25) is 5.91 Å². The maximum absolute atomic E-state index is 12.2. The summed E-state index contributed by atoms with van der Waals surface area (Å²) in [5.41, 5.74) is 0. The van der Waals surface area contributed by atoms with E-state index < -0.39 is 5.97 Å². The van der Waals surface area contributed by atoms with Gasteiger partial charge in [-0.15, -0.1) is 11.3 Å². The molecule has 0 aliphatic carbocycles. The largest absolute Gasteiger partial charge is 0.481 e. The van der Waals surface area contributed by atoms with E-state index in [0.29, 0.717) is 30.3 Å². The maximum Gasteiger partial charge on any atom is 0.305 e. The molecule has 0 aromatic carbocycles. The molecule has 112 valence electrons. The zero-order valence-electron chi connectivity index (χ0n) is 11.8. The van der Waals surface area contributed by atoms with Crippen LogP contribution in [0, 0.1) is 5.92 Å². The zero-order valence-corrected chi connectivity index (χ0v) is 13.3. The molecule has 0 radical (unpaired) electrons. The highest BCUT2D eigenvalue weighted by atomic mass is 35.5. The molecule has 1 aromatic heterocycles. The van der Waals surface area contributed by atoms with Gasteiger partial charge >= 0.3 is 5.97 Å². The first-order chi connectivity index (χ1) is 9.38. The van der Waals surface area contributed by atoms with E-state index in [9.17, 15) is 9.59 Å². The molecule has 0 bridgehead atoms. The van der Waals surface area contributed by atoms with E-state index in [4.69, 9.17) is 16.7 Å². The van der Waals surface area contributed by atoms with Crippen LogP contribution in [0.15, 0.2) is 11.4 Å². The summed E-state index contributed by atoms with van der Waals surface area (Å²) in [6.45, 7) is 4.90. The highest BCUT2D eigenvalue weighted by Gasteiger charge is 2.16. The Hall–Kier alpha value is -1.07. The third kappa shape index (κ3) is 6.39. The van der Waals surface area contributed by atoms with Gasteiger partial charge in [0.15, 0.2) is 0 Å². The average molecular weight is 318 g/mol. The van der Waals surface area contributed by atoms with E-state index in [1.807, 2.05) is 25.3 Å². The molecule has 1 aromatic rings. The lowest BCUT2D eigenvalue weighted by Crippen LogP contribution is -2.36. The van der Waals surface area contributed by atoms with Crippen molar-refractivity contribution >= 4 is 34.8 Å². The Morgan fingerprint density at radius 2 is 2.10 bits per heavy atom. The summed E-state index contributed by atoms with van der Waals surface area (Å²) >= 11 is 7.38. The third-order valence-electron chi connectivity index (χ3n) is 2.74. The van der Waals surface area contributed by atoms with Crippen LogP contribution in [0.4, 0.5) is 0 Å².